The van der Waals surface area contributed by atoms with Crippen molar-refractivity contribution in [1.29, 1.82) is 0 Å². The molecule has 4 nitrogen and oxygen atoms in total. The van der Waals surface area contributed by atoms with E-state index in [2.05, 4.69) is 30.9 Å². The van der Waals surface area contributed by atoms with Gasteiger partial charge in [-0.3, -0.25) is 9.69 Å². The number of thiazole rings is 1. The Morgan fingerprint density at radius 1 is 1.22 bits per heavy atom. The summed E-state index contributed by atoms with van der Waals surface area (Å²) in [7, 11) is 4.10. The Balaban J connectivity index is 1.88. The van der Waals surface area contributed by atoms with Gasteiger partial charge in [0.15, 0.2) is 5.13 Å². The lowest BCUT2D eigenvalue weighted by Crippen LogP contribution is -2.32. The number of aromatic nitrogens is 1. The molecule has 2 aromatic heterocycles. The summed E-state index contributed by atoms with van der Waals surface area (Å²) >= 11 is 3.22. The van der Waals surface area contributed by atoms with E-state index in [1.54, 1.807) is 28.7 Å². The predicted molar refractivity (Wildman–Crippen MR) is 118 cm³/mol. The number of carbonyl (C=O) groups is 1. The van der Waals surface area contributed by atoms with Gasteiger partial charge < -0.3 is 4.90 Å². The molecule has 0 aliphatic rings. The molecule has 142 valence electrons. The van der Waals surface area contributed by atoms with Crippen molar-refractivity contribution in [3.63, 3.8) is 0 Å². The minimum Gasteiger partial charge on any atom is -0.309 e. The number of fused-ring (bicyclic) bond motifs is 1. The highest BCUT2D eigenvalue weighted by Gasteiger charge is 2.18. The zero-order valence-electron chi connectivity index (χ0n) is 16.2. The summed E-state index contributed by atoms with van der Waals surface area (Å²) in [4.78, 5) is 22.8. The SMILES string of the molecule is Cc1cc(C)c2nc(N(CCCN(C)C)C(=O)/C=C/c3cccs3)sc2c1. The molecule has 0 unspecified atom stereocenters. The van der Waals surface area contributed by atoms with Gasteiger partial charge in [0.1, 0.15) is 0 Å². The summed E-state index contributed by atoms with van der Waals surface area (Å²) in [6, 6.07) is 8.28. The first-order chi connectivity index (χ1) is 12.9. The number of anilines is 1. The van der Waals surface area contributed by atoms with Crippen LogP contribution in [0.3, 0.4) is 0 Å². The average molecular weight is 400 g/mol. The van der Waals surface area contributed by atoms with Crippen molar-refractivity contribution in [3.05, 3.63) is 51.7 Å². The largest absolute Gasteiger partial charge is 0.309 e. The number of thiophene rings is 1. The number of carbonyl (C=O) groups excluding carboxylic acids is 1. The Morgan fingerprint density at radius 2 is 2.04 bits per heavy atom. The number of nitrogens with zero attached hydrogens (tertiary/aromatic N) is 3. The van der Waals surface area contributed by atoms with E-state index in [4.69, 9.17) is 4.98 Å². The van der Waals surface area contributed by atoms with Crippen molar-refractivity contribution < 1.29 is 4.79 Å². The highest BCUT2D eigenvalue weighted by atomic mass is 32.1. The van der Waals surface area contributed by atoms with Crippen molar-refractivity contribution in [1.82, 2.24) is 9.88 Å². The van der Waals surface area contributed by atoms with Gasteiger partial charge in [0.05, 0.1) is 10.2 Å². The van der Waals surface area contributed by atoms with Crippen molar-refractivity contribution in [2.24, 2.45) is 0 Å². The third kappa shape index (κ3) is 5.03. The molecule has 0 bridgehead atoms. The van der Waals surface area contributed by atoms with Crippen LogP contribution in [-0.4, -0.2) is 43.0 Å². The van der Waals surface area contributed by atoms with Crippen molar-refractivity contribution in [2.45, 2.75) is 20.3 Å². The summed E-state index contributed by atoms with van der Waals surface area (Å²) < 4.78 is 1.13. The van der Waals surface area contributed by atoms with Crippen molar-refractivity contribution in [3.8, 4) is 0 Å². The molecule has 0 aliphatic carbocycles. The Labute approximate surface area is 168 Å². The van der Waals surface area contributed by atoms with E-state index in [-0.39, 0.29) is 5.91 Å². The molecule has 0 saturated carbocycles. The van der Waals surface area contributed by atoms with Gasteiger partial charge in [0.25, 0.3) is 5.91 Å². The van der Waals surface area contributed by atoms with E-state index < -0.39 is 0 Å². The molecule has 27 heavy (non-hydrogen) atoms. The number of benzene rings is 1. The maximum atomic E-state index is 12.9. The minimum atomic E-state index is -0.0180. The van der Waals surface area contributed by atoms with Crippen LogP contribution in [0, 0.1) is 13.8 Å². The predicted octanol–water partition coefficient (Wildman–Crippen LogP) is 4.97. The number of rotatable bonds is 7. The van der Waals surface area contributed by atoms with E-state index >= 15 is 0 Å². The fourth-order valence-corrected chi connectivity index (χ4v) is 4.74. The Kier molecular flexibility index (Phi) is 6.42. The topological polar surface area (TPSA) is 36.4 Å². The van der Waals surface area contributed by atoms with Crippen molar-refractivity contribution in [2.75, 3.05) is 32.1 Å². The van der Waals surface area contributed by atoms with Crippen LogP contribution in [0.4, 0.5) is 5.13 Å². The van der Waals surface area contributed by atoms with E-state index in [1.807, 2.05) is 42.6 Å². The molecule has 3 rings (SSSR count). The van der Waals surface area contributed by atoms with Gasteiger partial charge >= 0.3 is 0 Å². The maximum absolute atomic E-state index is 12.9. The van der Waals surface area contributed by atoms with Gasteiger partial charge in [-0.15, -0.1) is 11.3 Å². The first-order valence-corrected chi connectivity index (χ1v) is 10.7. The highest BCUT2D eigenvalue weighted by molar-refractivity contribution is 7.22. The molecule has 6 heteroatoms. The van der Waals surface area contributed by atoms with Gasteiger partial charge in [-0.2, -0.15) is 0 Å². The van der Waals surface area contributed by atoms with Crippen LogP contribution in [0.2, 0.25) is 0 Å². The van der Waals surface area contributed by atoms with Gasteiger partial charge in [0, 0.05) is 17.5 Å². The summed E-state index contributed by atoms with van der Waals surface area (Å²) in [5.41, 5.74) is 3.37. The number of amides is 1. The lowest BCUT2D eigenvalue weighted by molar-refractivity contribution is -0.114. The first kappa shape index (κ1) is 19.7. The van der Waals surface area contributed by atoms with Gasteiger partial charge in [-0.25, -0.2) is 4.98 Å². The van der Waals surface area contributed by atoms with Crippen LogP contribution >= 0.6 is 22.7 Å². The molecule has 0 radical (unpaired) electrons. The number of hydrogen-bond donors (Lipinski definition) is 0. The monoisotopic (exact) mass is 399 g/mol. The average Bonchev–Trinajstić information content (AvgIpc) is 3.25. The summed E-state index contributed by atoms with van der Waals surface area (Å²) in [6.07, 6.45) is 4.44. The molecule has 2 heterocycles. The number of hydrogen-bond acceptors (Lipinski definition) is 5. The van der Waals surface area contributed by atoms with Crippen LogP contribution in [0.25, 0.3) is 16.3 Å². The quantitative estimate of drug-likeness (QED) is 0.526. The summed E-state index contributed by atoms with van der Waals surface area (Å²) in [6.45, 7) is 5.76. The van der Waals surface area contributed by atoms with Gasteiger partial charge in [-0.1, -0.05) is 23.5 Å². The second-order valence-electron chi connectivity index (χ2n) is 6.92. The molecule has 1 aromatic carbocycles. The van der Waals surface area contributed by atoms with Gasteiger partial charge in [0.2, 0.25) is 0 Å². The Morgan fingerprint density at radius 3 is 2.74 bits per heavy atom. The normalized spacial score (nSPS) is 11.7. The van der Waals surface area contributed by atoms with Crippen LogP contribution in [0.5, 0.6) is 0 Å². The van der Waals surface area contributed by atoms with Crippen molar-refractivity contribution >= 4 is 50.0 Å². The fraction of sp³-hybridized carbons (Fsp3) is 0.333. The third-order valence-corrected chi connectivity index (χ3v) is 6.10. The first-order valence-electron chi connectivity index (χ1n) is 8.99. The van der Waals surface area contributed by atoms with E-state index in [1.165, 1.54) is 5.56 Å². The van der Waals surface area contributed by atoms with Crippen LogP contribution in [0.1, 0.15) is 22.4 Å². The molecule has 0 aliphatic heterocycles. The smallest absolute Gasteiger partial charge is 0.252 e. The molecular weight excluding hydrogens is 374 g/mol. The highest BCUT2D eigenvalue weighted by Crippen LogP contribution is 2.32. The minimum absolute atomic E-state index is 0.0180. The Hall–Kier alpha value is -2.02. The molecule has 0 spiro atoms. The van der Waals surface area contributed by atoms with E-state index in [0.717, 1.165) is 38.8 Å². The van der Waals surface area contributed by atoms with E-state index in [9.17, 15) is 4.79 Å². The second kappa shape index (κ2) is 8.78. The lowest BCUT2D eigenvalue weighted by Gasteiger charge is -2.19. The van der Waals surface area contributed by atoms with Crippen LogP contribution in [0.15, 0.2) is 35.7 Å². The zero-order valence-corrected chi connectivity index (χ0v) is 17.9. The molecule has 1 amide bonds. The standard InChI is InChI=1S/C21H25N3OS2/c1-15-13-16(2)20-18(14-15)27-21(22-20)24(11-6-10-23(3)4)19(25)9-8-17-7-5-12-26-17/h5,7-9,12-14H,6,10-11H2,1-4H3/b9-8+. The Bertz CT molecular complexity index is 942. The van der Waals surface area contributed by atoms with E-state index in [0.29, 0.717) is 6.54 Å². The lowest BCUT2D eigenvalue weighted by atomic mass is 10.1. The molecular formula is C21H25N3OS2. The fourth-order valence-electron chi connectivity index (χ4n) is 2.95. The molecule has 3 aromatic rings. The third-order valence-electron chi connectivity index (χ3n) is 4.24. The van der Waals surface area contributed by atoms with Crippen LogP contribution in [-0.2, 0) is 4.79 Å². The molecule has 0 fully saturated rings. The van der Waals surface area contributed by atoms with Gasteiger partial charge in [-0.05, 0) is 75.6 Å². The summed E-state index contributed by atoms with van der Waals surface area (Å²) in [5.74, 6) is -0.0180. The maximum Gasteiger partial charge on any atom is 0.252 e. The number of aryl methyl sites for hydroxylation is 2. The van der Waals surface area contributed by atoms with Crippen LogP contribution < -0.4 is 4.90 Å². The second-order valence-corrected chi connectivity index (χ2v) is 8.91. The molecule has 0 N–H and O–H groups in total. The molecule has 0 saturated heterocycles. The zero-order chi connectivity index (χ0) is 19.4. The molecule has 0 atom stereocenters. The summed E-state index contributed by atoms with van der Waals surface area (Å²) in [5, 5.41) is 2.79.